The van der Waals surface area contributed by atoms with Gasteiger partial charge in [0.25, 0.3) is 0 Å². The number of nitrogens with one attached hydrogen (secondary N) is 2. The van der Waals surface area contributed by atoms with Crippen LogP contribution < -0.4 is 5.32 Å². The van der Waals surface area contributed by atoms with Gasteiger partial charge in [0.2, 0.25) is 0 Å². The van der Waals surface area contributed by atoms with E-state index >= 15 is 0 Å². The van der Waals surface area contributed by atoms with E-state index in [0.717, 1.165) is 20.5 Å². The second kappa shape index (κ2) is 4.76. The van der Waals surface area contributed by atoms with Crippen LogP contribution in [0.1, 0.15) is 5.69 Å². The summed E-state index contributed by atoms with van der Waals surface area (Å²) < 4.78 is 1.87. The first-order valence-corrected chi connectivity index (χ1v) is 5.86. The molecule has 2 aromatic heterocycles. The number of nitrogens with zero attached hydrogens (tertiary/aromatic N) is 2. The number of hydrogen-bond donors (Lipinski definition) is 2. The van der Waals surface area contributed by atoms with Crippen molar-refractivity contribution in [1.82, 2.24) is 15.0 Å². The van der Waals surface area contributed by atoms with Gasteiger partial charge in [-0.1, -0.05) is 0 Å². The van der Waals surface area contributed by atoms with Gasteiger partial charge in [0.1, 0.15) is 5.82 Å². The summed E-state index contributed by atoms with van der Waals surface area (Å²) in [5.74, 6) is 0.813. The zero-order valence-corrected chi connectivity index (χ0v) is 10.8. The van der Waals surface area contributed by atoms with Crippen LogP contribution in [0.15, 0.2) is 33.7 Å². The lowest BCUT2D eigenvalue weighted by molar-refractivity contribution is 1.05. The van der Waals surface area contributed by atoms with Gasteiger partial charge in [0, 0.05) is 16.9 Å². The highest BCUT2D eigenvalue weighted by atomic mass is 79.9. The lowest BCUT2D eigenvalue weighted by atomic mass is 10.4. The van der Waals surface area contributed by atoms with Crippen LogP contribution in [0.2, 0.25) is 0 Å². The smallest absolute Gasteiger partial charge is 0.140 e. The molecule has 0 spiro atoms. The zero-order chi connectivity index (χ0) is 10.7. The molecule has 0 radical (unpaired) electrons. The minimum absolute atomic E-state index is 0.674. The molecule has 4 nitrogen and oxygen atoms in total. The largest absolute Gasteiger partial charge is 0.364 e. The molecule has 2 aromatic rings. The van der Waals surface area contributed by atoms with Gasteiger partial charge in [-0.2, -0.15) is 0 Å². The van der Waals surface area contributed by atoms with E-state index in [0.29, 0.717) is 6.54 Å². The minimum atomic E-state index is 0.674. The van der Waals surface area contributed by atoms with Crippen LogP contribution in [0.4, 0.5) is 5.82 Å². The van der Waals surface area contributed by atoms with Crippen LogP contribution in [0.5, 0.6) is 0 Å². The highest BCUT2D eigenvalue weighted by Gasteiger charge is 2.01. The highest BCUT2D eigenvalue weighted by Crippen LogP contribution is 2.23. The fourth-order valence-corrected chi connectivity index (χ4v) is 2.23. The van der Waals surface area contributed by atoms with Crippen LogP contribution in [0.3, 0.4) is 0 Å². The van der Waals surface area contributed by atoms with E-state index in [-0.39, 0.29) is 0 Å². The van der Waals surface area contributed by atoms with Gasteiger partial charge in [0.15, 0.2) is 0 Å². The van der Waals surface area contributed by atoms with Crippen molar-refractivity contribution < 1.29 is 0 Å². The summed E-state index contributed by atoms with van der Waals surface area (Å²) in [6.45, 7) is 0.674. The number of anilines is 1. The number of hydrogen-bond acceptors (Lipinski definition) is 3. The molecular weight excluding hydrogens is 324 g/mol. The van der Waals surface area contributed by atoms with E-state index in [9.17, 15) is 0 Å². The summed E-state index contributed by atoms with van der Waals surface area (Å²) in [5, 5.41) is 3.19. The predicted octanol–water partition coefficient (Wildman–Crippen LogP) is 2.94. The Kier molecular flexibility index (Phi) is 3.37. The van der Waals surface area contributed by atoms with Crippen LogP contribution in [0, 0.1) is 0 Å². The zero-order valence-electron chi connectivity index (χ0n) is 7.67. The summed E-state index contributed by atoms with van der Waals surface area (Å²) in [6, 6.07) is 1.95. The number of aromatic nitrogens is 3. The van der Waals surface area contributed by atoms with Crippen LogP contribution >= 0.6 is 31.9 Å². The van der Waals surface area contributed by atoms with Crippen molar-refractivity contribution in [1.29, 1.82) is 0 Å². The molecule has 0 saturated heterocycles. The molecule has 0 aliphatic heterocycles. The van der Waals surface area contributed by atoms with Crippen molar-refractivity contribution >= 4 is 37.7 Å². The number of pyridine rings is 1. The molecule has 0 unspecified atom stereocenters. The van der Waals surface area contributed by atoms with Gasteiger partial charge < -0.3 is 10.3 Å². The van der Waals surface area contributed by atoms with Crippen LogP contribution in [0.25, 0.3) is 0 Å². The Morgan fingerprint density at radius 2 is 2.20 bits per heavy atom. The summed E-state index contributed by atoms with van der Waals surface area (Å²) in [6.07, 6.45) is 5.18. The monoisotopic (exact) mass is 330 g/mol. The third kappa shape index (κ3) is 2.79. The summed E-state index contributed by atoms with van der Waals surface area (Å²) in [7, 11) is 0. The van der Waals surface area contributed by atoms with Gasteiger partial charge >= 0.3 is 0 Å². The summed E-state index contributed by atoms with van der Waals surface area (Å²) in [4.78, 5) is 11.2. The van der Waals surface area contributed by atoms with E-state index in [1.165, 1.54) is 0 Å². The third-order valence-corrected chi connectivity index (χ3v) is 2.85. The van der Waals surface area contributed by atoms with Crippen LogP contribution in [-0.4, -0.2) is 15.0 Å². The Hall–Kier alpha value is -0.880. The van der Waals surface area contributed by atoms with Gasteiger partial charge in [-0.15, -0.1) is 0 Å². The highest BCUT2D eigenvalue weighted by molar-refractivity contribution is 9.11. The van der Waals surface area contributed by atoms with Gasteiger partial charge in [-0.25, -0.2) is 9.97 Å². The number of rotatable bonds is 3. The average Bonchev–Trinajstić information content (AvgIpc) is 2.69. The van der Waals surface area contributed by atoms with Gasteiger partial charge in [-0.3, -0.25) is 0 Å². The molecule has 2 heterocycles. The normalized spacial score (nSPS) is 10.3. The molecule has 78 valence electrons. The minimum Gasteiger partial charge on any atom is -0.364 e. The molecule has 0 aliphatic rings. The maximum atomic E-state index is 4.24. The van der Waals surface area contributed by atoms with Crippen molar-refractivity contribution in [2.75, 3.05) is 5.32 Å². The molecule has 0 aromatic carbocycles. The molecule has 2 rings (SSSR count). The van der Waals surface area contributed by atoms with Crippen molar-refractivity contribution in [3.05, 3.63) is 39.4 Å². The predicted molar refractivity (Wildman–Crippen MR) is 65.6 cm³/mol. The molecule has 0 atom stereocenters. The molecule has 0 fully saturated rings. The Morgan fingerprint density at radius 1 is 1.33 bits per heavy atom. The van der Waals surface area contributed by atoms with E-state index in [1.807, 2.05) is 6.07 Å². The van der Waals surface area contributed by atoms with Gasteiger partial charge in [-0.05, 0) is 37.9 Å². The van der Waals surface area contributed by atoms with E-state index in [1.54, 1.807) is 18.7 Å². The molecule has 0 aliphatic carbocycles. The lowest BCUT2D eigenvalue weighted by Gasteiger charge is -2.05. The first-order valence-electron chi connectivity index (χ1n) is 4.28. The van der Waals surface area contributed by atoms with Crippen molar-refractivity contribution in [2.45, 2.75) is 6.54 Å². The quantitative estimate of drug-likeness (QED) is 0.909. The van der Waals surface area contributed by atoms with Crippen molar-refractivity contribution in [3.8, 4) is 0 Å². The fraction of sp³-hybridized carbons (Fsp3) is 0.111. The first-order chi connectivity index (χ1) is 7.25. The Balaban J connectivity index is 2.05. The standard InChI is InChI=1S/C9H8Br2N4/c10-6-1-8(11)9(13-2-6)14-4-7-3-12-5-15-7/h1-3,5H,4H2,(H,12,15)(H,13,14). The molecule has 2 N–H and O–H groups in total. The molecule has 0 amide bonds. The molecule has 15 heavy (non-hydrogen) atoms. The average molecular weight is 332 g/mol. The SMILES string of the molecule is Brc1cnc(NCc2cnc[nH]2)c(Br)c1. The van der Waals surface area contributed by atoms with E-state index in [4.69, 9.17) is 0 Å². The van der Waals surface area contributed by atoms with Gasteiger partial charge in [0.05, 0.1) is 23.0 Å². The first kappa shape index (κ1) is 10.6. The summed E-state index contributed by atoms with van der Waals surface area (Å²) >= 11 is 6.78. The lowest BCUT2D eigenvalue weighted by Crippen LogP contribution is -2.02. The third-order valence-electron chi connectivity index (χ3n) is 1.81. The fourth-order valence-electron chi connectivity index (χ4n) is 1.10. The Labute approximate surface area is 104 Å². The molecular formula is C9H8Br2N4. The second-order valence-corrected chi connectivity index (χ2v) is 4.68. The van der Waals surface area contributed by atoms with E-state index in [2.05, 4.69) is 52.1 Å². The number of halogens is 2. The Bertz CT molecular complexity index is 441. The number of imidazole rings is 1. The molecule has 0 bridgehead atoms. The molecule has 6 heteroatoms. The maximum Gasteiger partial charge on any atom is 0.140 e. The topological polar surface area (TPSA) is 53.6 Å². The van der Waals surface area contributed by atoms with E-state index < -0.39 is 0 Å². The molecule has 0 saturated carbocycles. The van der Waals surface area contributed by atoms with Crippen LogP contribution in [-0.2, 0) is 6.54 Å². The summed E-state index contributed by atoms with van der Waals surface area (Å²) in [5.41, 5.74) is 1.02. The van der Waals surface area contributed by atoms with Crippen molar-refractivity contribution in [3.63, 3.8) is 0 Å². The Morgan fingerprint density at radius 3 is 2.87 bits per heavy atom. The maximum absolute atomic E-state index is 4.24. The number of aromatic amines is 1. The number of H-pyrrole nitrogens is 1. The van der Waals surface area contributed by atoms with Crippen molar-refractivity contribution in [2.24, 2.45) is 0 Å². The second-order valence-electron chi connectivity index (χ2n) is 2.91.